The molecule has 8 aromatic carbocycles. The Balaban J connectivity index is 0.939. The van der Waals surface area contributed by atoms with Crippen LogP contribution < -0.4 is 47.0 Å². The Kier molecular flexibility index (Phi) is 5.49. The predicted octanol–water partition coefficient (Wildman–Crippen LogP) is 8.92. The Morgan fingerprint density at radius 1 is 0.315 bits per heavy atom. The van der Waals surface area contributed by atoms with Crippen molar-refractivity contribution in [3.05, 3.63) is 133 Å². The molecule has 0 saturated heterocycles. The molecule has 6 aliphatic heterocycles. The van der Waals surface area contributed by atoms with Gasteiger partial charge in [0, 0.05) is 45.8 Å². The van der Waals surface area contributed by atoms with Crippen molar-refractivity contribution in [3.8, 4) is 56.8 Å². The Bertz CT molecular complexity index is 2740. The van der Waals surface area contributed by atoms with Crippen LogP contribution in [0.2, 0.25) is 0 Å². The van der Waals surface area contributed by atoms with Crippen LogP contribution in [0.1, 0.15) is 0 Å². The molecule has 0 fully saturated rings. The summed E-state index contributed by atoms with van der Waals surface area (Å²) < 4.78 is 19.8. The van der Waals surface area contributed by atoms with Gasteiger partial charge in [-0.25, -0.2) is 0 Å². The van der Waals surface area contributed by atoms with Crippen molar-refractivity contribution >= 4 is 92.3 Å². The largest absolute Gasteiger partial charge is 0.458 e. The van der Waals surface area contributed by atoms with E-state index in [0.29, 0.717) is 0 Å². The van der Waals surface area contributed by atoms with E-state index in [-0.39, 0.29) is 13.4 Å². The molecule has 0 aromatic heterocycles. The minimum atomic E-state index is 0.00192. The van der Waals surface area contributed by atoms with Crippen LogP contribution in [-0.4, -0.2) is 13.4 Å². The van der Waals surface area contributed by atoms with E-state index in [0.717, 1.165) is 62.0 Å². The molecule has 0 amide bonds. The summed E-state index contributed by atoms with van der Waals surface area (Å²) in [4.78, 5) is 8.29. The van der Waals surface area contributed by atoms with E-state index in [9.17, 15) is 0 Å². The van der Waals surface area contributed by atoms with E-state index >= 15 is 0 Å². The van der Waals surface area contributed by atoms with Gasteiger partial charge in [-0.3, -0.25) is 0 Å². The summed E-state index contributed by atoms with van der Waals surface area (Å²) in [6.07, 6.45) is 0. The molecule has 8 heteroatoms. The second-order valence-electron chi connectivity index (χ2n) is 14.6. The molecular weight excluding hydrogens is 718 g/mol. The third-order valence-electron chi connectivity index (χ3n) is 11.9. The summed E-state index contributed by atoms with van der Waals surface area (Å²) in [5, 5.41) is 2.43. The Labute approximate surface area is 324 Å². The number of fused-ring (bicyclic) bond motifs is 1. The van der Waals surface area contributed by atoms with Crippen molar-refractivity contribution in [1.29, 1.82) is 0 Å². The maximum atomic E-state index is 6.70. The molecule has 0 atom stereocenters. The van der Waals surface area contributed by atoms with Gasteiger partial charge in [-0.15, -0.1) is 0 Å². The van der Waals surface area contributed by atoms with Crippen molar-refractivity contribution in [2.75, 3.05) is 0 Å². The van der Waals surface area contributed by atoms with Crippen LogP contribution >= 0.6 is 35.3 Å². The number of rotatable bonds is 2. The third-order valence-corrected chi connectivity index (χ3v) is 15.3. The second kappa shape index (κ2) is 10.2. The number of hydrogen-bond acceptors (Lipinski definition) is 6. The van der Waals surface area contributed by atoms with E-state index in [1.807, 2.05) is 59.6 Å². The fraction of sp³-hybridized carbons (Fsp3) is 0. The average Bonchev–Trinajstić information content (AvgIpc) is 3.20. The molecule has 248 valence electrons. The van der Waals surface area contributed by atoms with Crippen molar-refractivity contribution in [3.63, 3.8) is 0 Å². The SMILES string of the molecule is c1cc2c3c(c1)Oc1cc(-c4cccc5c(-c6cc7c8c(c6)Sc6cccc9c6B8c6c(cccc6S7)S9)cccc45)cc4c1B3c1c(cccc1O4)O2. The maximum absolute atomic E-state index is 6.70. The van der Waals surface area contributed by atoms with Crippen LogP contribution in [0.3, 0.4) is 0 Å². The Hall–Kier alpha value is -5.40. The lowest BCUT2D eigenvalue weighted by atomic mass is 9.34. The predicted molar refractivity (Wildman–Crippen MR) is 222 cm³/mol. The summed E-state index contributed by atoms with van der Waals surface area (Å²) in [5.41, 5.74) is 12.4. The molecule has 14 rings (SSSR count). The number of benzene rings is 8. The highest BCUT2D eigenvalue weighted by Crippen LogP contribution is 2.48. The topological polar surface area (TPSA) is 27.7 Å². The van der Waals surface area contributed by atoms with Crippen LogP contribution in [0.4, 0.5) is 0 Å². The van der Waals surface area contributed by atoms with E-state index in [4.69, 9.17) is 14.2 Å². The molecular formula is C46H22B2O3S3. The summed E-state index contributed by atoms with van der Waals surface area (Å²) in [5.74, 6) is 5.05. The summed E-state index contributed by atoms with van der Waals surface area (Å²) in [6, 6.07) is 48.6. The van der Waals surface area contributed by atoms with Gasteiger partial charge in [0.05, 0.1) is 0 Å². The first-order chi connectivity index (χ1) is 26.7. The van der Waals surface area contributed by atoms with Crippen molar-refractivity contribution in [2.24, 2.45) is 0 Å². The van der Waals surface area contributed by atoms with Gasteiger partial charge < -0.3 is 14.2 Å². The minimum Gasteiger partial charge on any atom is -0.458 e. The third kappa shape index (κ3) is 3.66. The van der Waals surface area contributed by atoms with Gasteiger partial charge in [-0.2, -0.15) is 0 Å². The maximum Gasteiger partial charge on any atom is 0.270 e. The highest BCUT2D eigenvalue weighted by Gasteiger charge is 2.47. The first-order valence-corrected chi connectivity index (χ1v) is 20.7. The Morgan fingerprint density at radius 3 is 1.17 bits per heavy atom. The molecule has 0 spiro atoms. The lowest BCUT2D eigenvalue weighted by Gasteiger charge is -2.38. The molecule has 0 radical (unpaired) electrons. The number of hydrogen-bond donors (Lipinski definition) is 0. The fourth-order valence-corrected chi connectivity index (χ4v) is 13.6. The highest BCUT2D eigenvalue weighted by molar-refractivity contribution is 8.02. The first kappa shape index (κ1) is 29.0. The molecule has 0 unspecified atom stereocenters. The van der Waals surface area contributed by atoms with Gasteiger partial charge in [-0.05, 0) is 122 Å². The zero-order valence-corrected chi connectivity index (χ0v) is 30.8. The van der Waals surface area contributed by atoms with Gasteiger partial charge in [0.15, 0.2) is 0 Å². The molecule has 0 N–H and O–H groups in total. The lowest BCUT2D eigenvalue weighted by molar-refractivity contribution is 0.443. The average molecular weight is 741 g/mol. The van der Waals surface area contributed by atoms with E-state index in [2.05, 4.69) is 109 Å². The molecule has 6 heterocycles. The van der Waals surface area contributed by atoms with E-state index in [1.165, 1.54) is 67.7 Å². The van der Waals surface area contributed by atoms with Crippen LogP contribution in [0, 0.1) is 0 Å². The molecule has 8 aromatic rings. The molecule has 54 heavy (non-hydrogen) atoms. The monoisotopic (exact) mass is 740 g/mol. The summed E-state index contributed by atoms with van der Waals surface area (Å²) >= 11 is 5.81. The quantitative estimate of drug-likeness (QED) is 0.165. The summed E-state index contributed by atoms with van der Waals surface area (Å²) in [6.45, 7) is 0.291. The fourth-order valence-electron chi connectivity index (χ4n) is 9.76. The van der Waals surface area contributed by atoms with Crippen LogP contribution in [-0.2, 0) is 0 Å². The lowest BCUT2D eigenvalue weighted by Crippen LogP contribution is -2.60. The first-order valence-electron chi connectivity index (χ1n) is 18.2. The standard InChI is InChI=1S/C46H22B2O3S3/c1-7-25(23-19-33-43-34(20-23)51-32-14-4-12-30-42(32)47(43)41-29(49-30)11-3-13-31(41)50-33)27-9-2-8-26(28(27)10-1)24-21-39-46-40(22-24)54-38-18-6-16-36-45(38)48(46)44-35(52-36)15-5-17-37(44)53-39/h1-22H. The second-order valence-corrected chi connectivity index (χ2v) is 17.9. The minimum absolute atomic E-state index is 0.00192. The highest BCUT2D eigenvalue weighted by atomic mass is 32.2. The smallest absolute Gasteiger partial charge is 0.270 e. The Morgan fingerprint density at radius 2 is 0.667 bits per heavy atom. The van der Waals surface area contributed by atoms with Gasteiger partial charge in [0.1, 0.15) is 34.5 Å². The molecule has 6 aliphatic rings. The van der Waals surface area contributed by atoms with Gasteiger partial charge in [0.25, 0.3) is 6.71 Å². The molecule has 0 bridgehead atoms. The van der Waals surface area contributed by atoms with Gasteiger partial charge in [0.2, 0.25) is 6.71 Å². The van der Waals surface area contributed by atoms with Crippen LogP contribution in [0.15, 0.2) is 163 Å². The van der Waals surface area contributed by atoms with Gasteiger partial charge >= 0.3 is 0 Å². The van der Waals surface area contributed by atoms with Crippen LogP contribution in [0.5, 0.6) is 34.5 Å². The van der Waals surface area contributed by atoms with Crippen molar-refractivity contribution < 1.29 is 14.2 Å². The zero-order chi connectivity index (χ0) is 34.8. The molecule has 3 nitrogen and oxygen atoms in total. The van der Waals surface area contributed by atoms with Crippen molar-refractivity contribution in [1.82, 2.24) is 0 Å². The van der Waals surface area contributed by atoms with E-state index in [1.54, 1.807) is 0 Å². The molecule has 0 aliphatic carbocycles. The van der Waals surface area contributed by atoms with Crippen LogP contribution in [0.25, 0.3) is 33.0 Å². The number of ether oxygens (including phenoxy) is 3. The van der Waals surface area contributed by atoms with Gasteiger partial charge in [-0.1, -0.05) is 95.9 Å². The normalized spacial score (nSPS) is 14.8. The summed E-state index contributed by atoms with van der Waals surface area (Å²) in [7, 11) is 0. The van der Waals surface area contributed by atoms with E-state index < -0.39 is 0 Å². The van der Waals surface area contributed by atoms with Crippen molar-refractivity contribution in [2.45, 2.75) is 29.4 Å². The molecule has 0 saturated carbocycles. The zero-order valence-electron chi connectivity index (χ0n) is 28.3.